The fourth-order valence-electron chi connectivity index (χ4n) is 1.97. The van der Waals surface area contributed by atoms with Crippen molar-refractivity contribution < 1.29 is 9.90 Å². The van der Waals surface area contributed by atoms with Gasteiger partial charge in [0.25, 0.3) is 0 Å². The van der Waals surface area contributed by atoms with Crippen LogP contribution in [0.1, 0.15) is 41.6 Å². The summed E-state index contributed by atoms with van der Waals surface area (Å²) in [6.07, 6.45) is 3.46. The molecule has 0 radical (unpaired) electrons. The Kier molecular flexibility index (Phi) is 4.46. The normalized spacial score (nSPS) is 11.0. The molecule has 2 aromatic rings. The molecule has 2 rings (SSSR count). The number of aromatic carboxylic acids is 1. The van der Waals surface area contributed by atoms with Crippen LogP contribution in [0.25, 0.3) is 0 Å². The zero-order chi connectivity index (χ0) is 15.6. The van der Waals surface area contributed by atoms with Crippen molar-refractivity contribution in [2.45, 2.75) is 37.6 Å². The van der Waals surface area contributed by atoms with Crippen LogP contribution < -0.4 is 5.69 Å². The zero-order valence-electron chi connectivity index (χ0n) is 12.0. The van der Waals surface area contributed by atoms with Gasteiger partial charge >= 0.3 is 11.7 Å². The maximum Gasteiger partial charge on any atom is 0.346 e. The van der Waals surface area contributed by atoms with Crippen LogP contribution in [0.2, 0.25) is 0 Å². The molecule has 7 nitrogen and oxygen atoms in total. The fourth-order valence-corrected chi connectivity index (χ4v) is 3.01. The SMILES string of the molecule is Cc1[nH]c(=O)nc(SCc2cncn2C(C)C)c1C(=O)O. The minimum Gasteiger partial charge on any atom is -0.478 e. The highest BCUT2D eigenvalue weighted by Gasteiger charge is 2.17. The molecule has 8 heteroatoms. The number of aryl methyl sites for hydroxylation is 1. The quantitative estimate of drug-likeness (QED) is 0.645. The van der Waals surface area contributed by atoms with E-state index in [0.717, 1.165) is 5.69 Å². The van der Waals surface area contributed by atoms with Crippen molar-refractivity contribution in [1.82, 2.24) is 19.5 Å². The van der Waals surface area contributed by atoms with E-state index in [-0.39, 0.29) is 16.6 Å². The lowest BCUT2D eigenvalue weighted by atomic mass is 10.2. The van der Waals surface area contributed by atoms with E-state index in [1.165, 1.54) is 11.8 Å². The molecule has 0 amide bonds. The van der Waals surface area contributed by atoms with Gasteiger partial charge in [-0.2, -0.15) is 4.98 Å². The third-order valence-electron chi connectivity index (χ3n) is 2.96. The number of nitrogens with one attached hydrogen (secondary N) is 1. The number of carbonyl (C=O) groups is 1. The molecule has 0 bridgehead atoms. The van der Waals surface area contributed by atoms with Crippen molar-refractivity contribution in [3.8, 4) is 0 Å². The Balaban J connectivity index is 2.30. The minimum absolute atomic E-state index is 0.0372. The Bertz CT molecular complexity index is 720. The van der Waals surface area contributed by atoms with Crippen molar-refractivity contribution in [1.29, 1.82) is 0 Å². The second-order valence-electron chi connectivity index (χ2n) is 4.83. The minimum atomic E-state index is -1.10. The van der Waals surface area contributed by atoms with Crippen molar-refractivity contribution in [2.75, 3.05) is 0 Å². The lowest BCUT2D eigenvalue weighted by Crippen LogP contribution is -2.18. The highest BCUT2D eigenvalue weighted by atomic mass is 32.2. The first-order valence-corrected chi connectivity index (χ1v) is 7.36. The van der Waals surface area contributed by atoms with Crippen LogP contribution in [0, 0.1) is 6.92 Å². The summed E-state index contributed by atoms with van der Waals surface area (Å²) >= 11 is 1.22. The summed E-state index contributed by atoms with van der Waals surface area (Å²) in [4.78, 5) is 33.0. The number of hydrogen-bond donors (Lipinski definition) is 2. The highest BCUT2D eigenvalue weighted by Crippen LogP contribution is 2.25. The molecule has 0 saturated carbocycles. The molecule has 112 valence electrons. The number of aromatic amines is 1. The summed E-state index contributed by atoms with van der Waals surface area (Å²) in [5.74, 6) is -0.606. The van der Waals surface area contributed by atoms with Crippen LogP contribution in [0.4, 0.5) is 0 Å². The average molecular weight is 308 g/mol. The Morgan fingerprint density at radius 2 is 2.24 bits per heavy atom. The molecule has 0 aliphatic carbocycles. The lowest BCUT2D eigenvalue weighted by molar-refractivity contribution is 0.0690. The third kappa shape index (κ3) is 3.33. The number of hydrogen-bond acceptors (Lipinski definition) is 5. The van der Waals surface area contributed by atoms with E-state index in [4.69, 9.17) is 0 Å². The molecule has 0 unspecified atom stereocenters. The Morgan fingerprint density at radius 1 is 1.52 bits per heavy atom. The van der Waals surface area contributed by atoms with Crippen LogP contribution >= 0.6 is 11.8 Å². The predicted molar refractivity (Wildman–Crippen MR) is 78.7 cm³/mol. The topological polar surface area (TPSA) is 101 Å². The van der Waals surface area contributed by atoms with Crippen LogP contribution in [0.3, 0.4) is 0 Å². The molecule has 2 N–H and O–H groups in total. The van der Waals surface area contributed by atoms with E-state index in [1.807, 2.05) is 18.4 Å². The molecule has 21 heavy (non-hydrogen) atoms. The summed E-state index contributed by atoms with van der Waals surface area (Å²) < 4.78 is 1.99. The Morgan fingerprint density at radius 3 is 2.86 bits per heavy atom. The molecule has 0 aromatic carbocycles. The van der Waals surface area contributed by atoms with Gasteiger partial charge in [-0.3, -0.25) is 0 Å². The number of H-pyrrole nitrogens is 1. The number of rotatable bonds is 5. The van der Waals surface area contributed by atoms with Gasteiger partial charge in [-0.1, -0.05) is 11.8 Å². The van der Waals surface area contributed by atoms with Gasteiger partial charge in [0.15, 0.2) is 0 Å². The van der Waals surface area contributed by atoms with Crippen molar-refractivity contribution in [2.24, 2.45) is 0 Å². The van der Waals surface area contributed by atoms with Gasteiger partial charge in [-0.25, -0.2) is 14.6 Å². The Labute approximate surface area is 125 Å². The first-order chi connectivity index (χ1) is 9.90. The standard InChI is InChI=1S/C13H16N4O3S/c1-7(2)17-6-14-4-9(17)5-21-11-10(12(18)19)8(3)15-13(20)16-11/h4,6-7H,5H2,1-3H3,(H,18,19)(H,15,16,20). The van der Waals surface area contributed by atoms with E-state index >= 15 is 0 Å². The first kappa shape index (κ1) is 15.3. The van der Waals surface area contributed by atoms with Crippen LogP contribution in [0.5, 0.6) is 0 Å². The van der Waals surface area contributed by atoms with Crippen molar-refractivity contribution >= 4 is 17.7 Å². The van der Waals surface area contributed by atoms with Gasteiger partial charge in [0, 0.05) is 29.4 Å². The maximum atomic E-state index is 11.4. The molecule has 2 aromatic heterocycles. The van der Waals surface area contributed by atoms with Gasteiger partial charge in [0.1, 0.15) is 10.6 Å². The number of thioether (sulfide) groups is 1. The zero-order valence-corrected chi connectivity index (χ0v) is 12.8. The van der Waals surface area contributed by atoms with Gasteiger partial charge < -0.3 is 14.7 Å². The third-order valence-corrected chi connectivity index (χ3v) is 3.97. The fraction of sp³-hybridized carbons (Fsp3) is 0.385. The smallest absolute Gasteiger partial charge is 0.346 e. The van der Waals surface area contributed by atoms with Gasteiger partial charge in [0.05, 0.1) is 6.33 Å². The highest BCUT2D eigenvalue weighted by molar-refractivity contribution is 7.98. The van der Waals surface area contributed by atoms with Gasteiger partial charge in [-0.15, -0.1) is 0 Å². The predicted octanol–water partition coefficient (Wildman–Crippen LogP) is 1.85. The monoisotopic (exact) mass is 308 g/mol. The number of carboxylic acid groups (broad SMARTS) is 1. The van der Waals surface area contributed by atoms with E-state index < -0.39 is 11.7 Å². The van der Waals surface area contributed by atoms with Gasteiger partial charge in [-0.05, 0) is 20.8 Å². The summed E-state index contributed by atoms with van der Waals surface area (Å²) in [6, 6.07) is 0.260. The molecular weight excluding hydrogens is 292 g/mol. The molecule has 0 aliphatic rings. The molecule has 2 heterocycles. The Hall–Kier alpha value is -2.09. The average Bonchev–Trinajstić information content (AvgIpc) is 2.83. The second kappa shape index (κ2) is 6.13. The van der Waals surface area contributed by atoms with E-state index in [1.54, 1.807) is 19.4 Å². The first-order valence-electron chi connectivity index (χ1n) is 6.38. The van der Waals surface area contributed by atoms with Crippen LogP contribution in [-0.2, 0) is 5.75 Å². The van der Waals surface area contributed by atoms with Gasteiger partial charge in [0.2, 0.25) is 0 Å². The van der Waals surface area contributed by atoms with Crippen LogP contribution in [-0.4, -0.2) is 30.6 Å². The summed E-state index contributed by atoms with van der Waals surface area (Å²) in [5, 5.41) is 9.47. The van der Waals surface area contributed by atoms with Crippen molar-refractivity contribution in [3.05, 3.63) is 40.0 Å². The van der Waals surface area contributed by atoms with E-state index in [2.05, 4.69) is 15.0 Å². The summed E-state index contributed by atoms with van der Waals surface area (Å²) in [5.41, 5.74) is 0.751. The number of carboxylic acids is 1. The summed E-state index contributed by atoms with van der Waals surface area (Å²) in [7, 11) is 0. The van der Waals surface area contributed by atoms with E-state index in [0.29, 0.717) is 11.4 Å². The largest absolute Gasteiger partial charge is 0.478 e. The summed E-state index contributed by atoms with van der Waals surface area (Å²) in [6.45, 7) is 5.62. The number of aromatic nitrogens is 4. The molecule has 0 aliphatic heterocycles. The molecule has 0 fully saturated rings. The number of imidazole rings is 1. The molecule has 0 spiro atoms. The maximum absolute atomic E-state index is 11.4. The molecular formula is C13H16N4O3S. The number of nitrogens with zero attached hydrogens (tertiary/aromatic N) is 3. The van der Waals surface area contributed by atoms with Crippen LogP contribution in [0.15, 0.2) is 22.3 Å². The second-order valence-corrected chi connectivity index (χ2v) is 5.79. The molecule has 0 atom stereocenters. The van der Waals surface area contributed by atoms with Crippen molar-refractivity contribution in [3.63, 3.8) is 0 Å². The lowest BCUT2D eigenvalue weighted by Gasteiger charge is -2.12. The molecule has 0 saturated heterocycles. The van der Waals surface area contributed by atoms with E-state index in [9.17, 15) is 14.7 Å².